The number of aromatic nitrogens is 2. The molecule has 4 heteroatoms. The van der Waals surface area contributed by atoms with Gasteiger partial charge in [-0.1, -0.05) is 0 Å². The van der Waals surface area contributed by atoms with E-state index in [9.17, 15) is 4.79 Å². The second-order valence-electron chi connectivity index (χ2n) is 2.75. The van der Waals surface area contributed by atoms with Crippen LogP contribution in [0.25, 0.3) is 5.65 Å². The van der Waals surface area contributed by atoms with E-state index >= 15 is 0 Å². The zero-order chi connectivity index (χ0) is 9.42. The number of Topliss-reactive ketones (excluding diaryl/α,β-unsaturated/α-hetero) is 1. The van der Waals surface area contributed by atoms with E-state index in [0.29, 0.717) is 5.69 Å². The molecule has 0 saturated heterocycles. The summed E-state index contributed by atoms with van der Waals surface area (Å²) >= 11 is 2.20. The first-order valence-electron chi connectivity index (χ1n) is 3.82. The van der Waals surface area contributed by atoms with E-state index in [1.165, 1.54) is 0 Å². The summed E-state index contributed by atoms with van der Waals surface area (Å²) in [4.78, 5) is 15.3. The van der Waals surface area contributed by atoms with Gasteiger partial charge in [-0.2, -0.15) is 0 Å². The molecule has 2 aromatic rings. The maximum atomic E-state index is 11.2. The molecular weight excluding hydrogens is 279 g/mol. The number of halogens is 1. The summed E-state index contributed by atoms with van der Waals surface area (Å²) in [6.45, 7) is 1.54. The Kier molecular flexibility index (Phi) is 2.07. The molecule has 0 N–H and O–H groups in total. The van der Waals surface area contributed by atoms with Crippen LogP contribution >= 0.6 is 22.6 Å². The highest BCUT2D eigenvalue weighted by Crippen LogP contribution is 2.13. The van der Waals surface area contributed by atoms with Crippen molar-refractivity contribution in [2.75, 3.05) is 0 Å². The Balaban J connectivity index is 2.83. The van der Waals surface area contributed by atoms with Gasteiger partial charge in [-0.25, -0.2) is 4.98 Å². The fourth-order valence-electron chi connectivity index (χ4n) is 1.24. The van der Waals surface area contributed by atoms with Crippen molar-refractivity contribution in [3.63, 3.8) is 0 Å². The Bertz CT molecular complexity index is 475. The molecule has 66 valence electrons. The van der Waals surface area contributed by atoms with Crippen molar-refractivity contribution < 1.29 is 4.79 Å². The third kappa shape index (κ3) is 1.35. The van der Waals surface area contributed by atoms with Gasteiger partial charge >= 0.3 is 0 Å². The standard InChI is InChI=1S/C9H7IN2O/c1-6(13)8-5-11-9-7(10)3-2-4-12(8)9/h2-5H,1H3. The average molecular weight is 286 g/mol. The molecule has 0 amide bonds. The van der Waals surface area contributed by atoms with Crippen LogP contribution in [0.15, 0.2) is 24.5 Å². The lowest BCUT2D eigenvalue weighted by molar-refractivity contribution is 0.101. The fourth-order valence-corrected chi connectivity index (χ4v) is 1.84. The first-order valence-corrected chi connectivity index (χ1v) is 4.90. The molecule has 3 nitrogen and oxygen atoms in total. The minimum atomic E-state index is 0.0366. The lowest BCUT2D eigenvalue weighted by Gasteiger charge is -1.97. The van der Waals surface area contributed by atoms with E-state index in [0.717, 1.165) is 9.22 Å². The quantitative estimate of drug-likeness (QED) is 0.594. The van der Waals surface area contributed by atoms with Crippen molar-refractivity contribution in [1.82, 2.24) is 9.38 Å². The number of hydrogen-bond donors (Lipinski definition) is 0. The predicted octanol–water partition coefficient (Wildman–Crippen LogP) is 2.14. The molecule has 0 fully saturated rings. The Labute approximate surface area is 88.9 Å². The topological polar surface area (TPSA) is 34.4 Å². The van der Waals surface area contributed by atoms with Crippen LogP contribution in [0.2, 0.25) is 0 Å². The van der Waals surface area contributed by atoms with E-state index in [2.05, 4.69) is 27.6 Å². The zero-order valence-corrected chi connectivity index (χ0v) is 9.15. The number of carbonyl (C=O) groups is 1. The number of ketones is 1. The monoisotopic (exact) mass is 286 g/mol. The molecule has 0 spiro atoms. The van der Waals surface area contributed by atoms with Crippen LogP contribution in [0.5, 0.6) is 0 Å². The average Bonchev–Trinajstić information content (AvgIpc) is 2.48. The number of pyridine rings is 1. The number of imidazole rings is 1. The van der Waals surface area contributed by atoms with Crippen LogP contribution in [-0.2, 0) is 0 Å². The van der Waals surface area contributed by atoms with Crippen molar-refractivity contribution in [3.05, 3.63) is 33.8 Å². The van der Waals surface area contributed by atoms with Gasteiger partial charge in [0.1, 0.15) is 5.69 Å². The van der Waals surface area contributed by atoms with E-state index < -0.39 is 0 Å². The van der Waals surface area contributed by atoms with Crippen LogP contribution < -0.4 is 0 Å². The number of fused-ring (bicyclic) bond motifs is 1. The molecule has 0 radical (unpaired) electrons. The second kappa shape index (κ2) is 3.10. The summed E-state index contributed by atoms with van der Waals surface area (Å²) in [5.41, 5.74) is 1.47. The molecule has 0 unspecified atom stereocenters. The first-order chi connectivity index (χ1) is 6.20. The van der Waals surface area contributed by atoms with Crippen molar-refractivity contribution in [3.8, 4) is 0 Å². The van der Waals surface area contributed by atoms with Gasteiger partial charge in [0.25, 0.3) is 0 Å². The first kappa shape index (κ1) is 8.68. The fraction of sp³-hybridized carbons (Fsp3) is 0.111. The van der Waals surface area contributed by atoms with Crippen molar-refractivity contribution in [2.24, 2.45) is 0 Å². The zero-order valence-electron chi connectivity index (χ0n) is 6.99. The maximum Gasteiger partial charge on any atom is 0.178 e. The summed E-state index contributed by atoms with van der Waals surface area (Å²) in [5.74, 6) is 0.0366. The SMILES string of the molecule is CC(=O)c1cnc2c(I)cccn12. The maximum absolute atomic E-state index is 11.2. The summed E-state index contributed by atoms with van der Waals surface area (Å²) in [6, 6.07) is 3.87. The normalized spacial score (nSPS) is 10.6. The minimum absolute atomic E-state index is 0.0366. The summed E-state index contributed by atoms with van der Waals surface area (Å²) in [5, 5.41) is 0. The van der Waals surface area contributed by atoms with Crippen LogP contribution in [0, 0.1) is 3.57 Å². The van der Waals surface area contributed by atoms with Gasteiger partial charge in [-0.05, 0) is 34.7 Å². The predicted molar refractivity (Wildman–Crippen MR) is 57.9 cm³/mol. The minimum Gasteiger partial charge on any atom is -0.296 e. The number of carbonyl (C=O) groups excluding carboxylic acids is 1. The molecule has 2 aromatic heterocycles. The van der Waals surface area contributed by atoms with Crippen molar-refractivity contribution in [1.29, 1.82) is 0 Å². The van der Waals surface area contributed by atoms with Crippen LogP contribution in [-0.4, -0.2) is 15.2 Å². The van der Waals surface area contributed by atoms with Crippen molar-refractivity contribution >= 4 is 34.0 Å². The van der Waals surface area contributed by atoms with Gasteiger partial charge in [0.05, 0.1) is 9.77 Å². The summed E-state index contributed by atoms with van der Waals surface area (Å²) < 4.78 is 2.86. The molecule has 0 saturated carbocycles. The Hall–Kier alpha value is -0.910. The van der Waals surface area contributed by atoms with Crippen LogP contribution in [0.4, 0.5) is 0 Å². The Morgan fingerprint density at radius 2 is 2.38 bits per heavy atom. The van der Waals surface area contributed by atoms with Gasteiger partial charge in [0.2, 0.25) is 0 Å². The van der Waals surface area contributed by atoms with Gasteiger partial charge < -0.3 is 0 Å². The lowest BCUT2D eigenvalue weighted by Crippen LogP contribution is -1.98. The molecule has 0 aliphatic rings. The van der Waals surface area contributed by atoms with Gasteiger partial charge in [0, 0.05) is 13.1 Å². The molecular formula is C9H7IN2O. The van der Waals surface area contributed by atoms with Crippen LogP contribution in [0.3, 0.4) is 0 Å². The molecule has 0 aliphatic carbocycles. The van der Waals surface area contributed by atoms with Gasteiger partial charge in [-0.15, -0.1) is 0 Å². The Morgan fingerprint density at radius 1 is 1.62 bits per heavy atom. The molecule has 13 heavy (non-hydrogen) atoms. The number of rotatable bonds is 1. The number of nitrogens with zero attached hydrogens (tertiary/aromatic N) is 2. The van der Waals surface area contributed by atoms with Gasteiger partial charge in [-0.3, -0.25) is 9.20 Å². The highest BCUT2D eigenvalue weighted by Gasteiger charge is 2.08. The molecule has 2 rings (SSSR count). The summed E-state index contributed by atoms with van der Waals surface area (Å²) in [6.07, 6.45) is 3.46. The second-order valence-corrected chi connectivity index (χ2v) is 3.91. The van der Waals surface area contributed by atoms with E-state index in [1.807, 2.05) is 22.7 Å². The lowest BCUT2D eigenvalue weighted by atomic mass is 10.3. The number of hydrogen-bond acceptors (Lipinski definition) is 2. The smallest absolute Gasteiger partial charge is 0.178 e. The third-order valence-corrected chi connectivity index (χ3v) is 2.69. The largest absolute Gasteiger partial charge is 0.296 e. The summed E-state index contributed by atoms with van der Waals surface area (Å²) in [7, 11) is 0. The van der Waals surface area contributed by atoms with Gasteiger partial charge in [0.15, 0.2) is 11.4 Å². The molecule has 0 atom stereocenters. The third-order valence-electron chi connectivity index (χ3n) is 1.85. The Morgan fingerprint density at radius 3 is 3.08 bits per heavy atom. The molecule has 2 heterocycles. The van der Waals surface area contributed by atoms with Crippen molar-refractivity contribution in [2.45, 2.75) is 6.92 Å². The van der Waals surface area contributed by atoms with E-state index in [1.54, 1.807) is 13.1 Å². The highest BCUT2D eigenvalue weighted by atomic mass is 127. The highest BCUT2D eigenvalue weighted by molar-refractivity contribution is 14.1. The van der Waals surface area contributed by atoms with E-state index in [4.69, 9.17) is 0 Å². The molecule has 0 aliphatic heterocycles. The van der Waals surface area contributed by atoms with E-state index in [-0.39, 0.29) is 5.78 Å². The van der Waals surface area contributed by atoms with Crippen LogP contribution in [0.1, 0.15) is 17.4 Å². The molecule has 0 aromatic carbocycles. The molecule has 0 bridgehead atoms.